The smallest absolute Gasteiger partial charge is 0.417 e. The van der Waals surface area contributed by atoms with E-state index in [-0.39, 0.29) is 24.5 Å². The van der Waals surface area contributed by atoms with Crippen molar-refractivity contribution >= 4 is 23.6 Å². The third-order valence-electron chi connectivity index (χ3n) is 6.84. The minimum Gasteiger partial charge on any atom is -0.476 e. The third-order valence-corrected chi connectivity index (χ3v) is 6.84. The molecule has 0 spiro atoms. The van der Waals surface area contributed by atoms with Crippen LogP contribution in [0.2, 0.25) is 0 Å². The second-order valence-electron chi connectivity index (χ2n) is 12.0. The van der Waals surface area contributed by atoms with Crippen LogP contribution >= 0.6 is 0 Å². The molecule has 1 aromatic rings. The van der Waals surface area contributed by atoms with Gasteiger partial charge < -0.3 is 24.2 Å². The highest BCUT2D eigenvalue weighted by molar-refractivity contribution is 6.05. The Morgan fingerprint density at radius 1 is 1.25 bits per heavy atom. The number of fused-ring (bicyclic) bond motifs is 1. The number of carbonyl (C=O) groups is 3. The van der Waals surface area contributed by atoms with Crippen molar-refractivity contribution in [2.75, 3.05) is 24.5 Å². The van der Waals surface area contributed by atoms with E-state index in [1.165, 1.54) is 28.5 Å². The summed E-state index contributed by atoms with van der Waals surface area (Å²) in [6.45, 7) is 16.1. The van der Waals surface area contributed by atoms with E-state index in [0.717, 1.165) is 12.1 Å². The lowest BCUT2D eigenvalue weighted by atomic mass is 9.96. The van der Waals surface area contributed by atoms with Gasteiger partial charge in [0.2, 0.25) is 0 Å². The lowest BCUT2D eigenvalue weighted by Crippen LogP contribution is -2.55. The van der Waals surface area contributed by atoms with Crippen molar-refractivity contribution in [2.24, 2.45) is 0 Å². The molecule has 1 aromatic carbocycles. The van der Waals surface area contributed by atoms with Gasteiger partial charge >= 0.3 is 12.3 Å². The second-order valence-corrected chi connectivity index (χ2v) is 12.0. The van der Waals surface area contributed by atoms with Crippen molar-refractivity contribution in [3.8, 4) is 5.75 Å². The number of likely N-dealkylation sites (tertiary alicyclic amines) is 1. The molecule has 0 unspecified atom stereocenters. The molecular formula is C29H40F3N3O5. The maximum atomic E-state index is 14.4. The van der Waals surface area contributed by atoms with Crippen LogP contribution in [0.4, 0.5) is 23.7 Å². The molecule has 0 saturated carbocycles. The van der Waals surface area contributed by atoms with Gasteiger partial charge in [0.15, 0.2) is 5.60 Å². The zero-order chi connectivity index (χ0) is 30.2. The van der Waals surface area contributed by atoms with Crippen LogP contribution in [0.3, 0.4) is 0 Å². The first-order chi connectivity index (χ1) is 18.4. The Labute approximate surface area is 234 Å². The molecule has 0 aliphatic carbocycles. The van der Waals surface area contributed by atoms with E-state index in [1.54, 1.807) is 40.7 Å². The summed E-state index contributed by atoms with van der Waals surface area (Å²) in [4.78, 5) is 44.1. The molecule has 0 radical (unpaired) electrons. The summed E-state index contributed by atoms with van der Waals surface area (Å²) < 4.78 is 54.4. The quantitative estimate of drug-likeness (QED) is 0.392. The third kappa shape index (κ3) is 6.72. The van der Waals surface area contributed by atoms with Crippen LogP contribution in [0.5, 0.6) is 5.75 Å². The van der Waals surface area contributed by atoms with Crippen LogP contribution in [0, 0.1) is 0 Å². The number of ether oxygens (including phenoxy) is 2. The zero-order valence-electron chi connectivity index (χ0n) is 24.4. The number of piperidine rings is 1. The highest BCUT2D eigenvalue weighted by atomic mass is 19.4. The molecule has 1 atom stereocenters. The second kappa shape index (κ2) is 11.3. The summed E-state index contributed by atoms with van der Waals surface area (Å²) in [5.41, 5.74) is -3.72. The van der Waals surface area contributed by atoms with Crippen molar-refractivity contribution in [1.82, 2.24) is 9.80 Å². The molecular weight excluding hydrogens is 527 g/mol. The van der Waals surface area contributed by atoms with Gasteiger partial charge in [-0.05, 0) is 79.9 Å². The molecule has 222 valence electrons. The molecule has 3 amide bonds. The van der Waals surface area contributed by atoms with Crippen LogP contribution in [0.1, 0.15) is 83.7 Å². The first kappa shape index (κ1) is 31.3. The SMILES string of the molecule is C=CCCN1C(=O)C(C)(C)Oc2cc(C(F)(F)F)c(C(=O)N(C(C)C)[C@@H]3CCCN(C(=O)OC(C)(C)C)C3)cc21. The lowest BCUT2D eigenvalue weighted by Gasteiger charge is -2.42. The average Bonchev–Trinajstić information content (AvgIpc) is 2.82. The van der Waals surface area contributed by atoms with E-state index in [0.29, 0.717) is 25.8 Å². The maximum Gasteiger partial charge on any atom is 0.417 e. The Hall–Kier alpha value is -3.24. The van der Waals surface area contributed by atoms with Crippen LogP contribution in [-0.4, -0.2) is 70.6 Å². The molecule has 0 N–H and O–H groups in total. The fraction of sp³-hybridized carbons (Fsp3) is 0.621. The molecule has 2 heterocycles. The standard InChI is InChI=1S/C29H40F3N3O5/c1-9-10-14-34-22-15-20(21(29(30,31)32)16-23(22)39-28(7,8)25(34)37)24(36)35(18(2)3)19-12-11-13-33(17-19)26(38)40-27(4,5)6/h9,15-16,18-19H,1,10-14,17H2,2-8H3/t19-/m1/s1. The molecule has 8 nitrogen and oxygen atoms in total. The van der Waals surface area contributed by atoms with Gasteiger partial charge in [-0.25, -0.2) is 4.79 Å². The van der Waals surface area contributed by atoms with Crippen molar-refractivity contribution in [3.05, 3.63) is 35.9 Å². The molecule has 2 aliphatic heterocycles. The predicted molar refractivity (Wildman–Crippen MR) is 145 cm³/mol. The summed E-state index contributed by atoms with van der Waals surface area (Å²) in [5.74, 6) is -1.38. The monoisotopic (exact) mass is 567 g/mol. The number of halogens is 3. The number of carbonyl (C=O) groups excluding carboxylic acids is 3. The van der Waals surface area contributed by atoms with Gasteiger partial charge in [0.1, 0.15) is 11.4 Å². The predicted octanol–water partition coefficient (Wildman–Crippen LogP) is 6.04. The Bertz CT molecular complexity index is 1160. The van der Waals surface area contributed by atoms with Crippen molar-refractivity contribution < 1.29 is 37.0 Å². The number of amides is 3. The summed E-state index contributed by atoms with van der Waals surface area (Å²) in [5, 5.41) is 0. The average molecular weight is 568 g/mol. The number of hydrogen-bond donors (Lipinski definition) is 0. The molecule has 40 heavy (non-hydrogen) atoms. The van der Waals surface area contributed by atoms with Gasteiger partial charge in [-0.15, -0.1) is 6.58 Å². The minimum atomic E-state index is -4.86. The topological polar surface area (TPSA) is 79.4 Å². The van der Waals surface area contributed by atoms with Gasteiger partial charge in [-0.1, -0.05) is 6.08 Å². The lowest BCUT2D eigenvalue weighted by molar-refractivity contribution is -0.138. The molecule has 0 bridgehead atoms. The molecule has 1 saturated heterocycles. The zero-order valence-corrected chi connectivity index (χ0v) is 24.4. The number of anilines is 1. The van der Waals surface area contributed by atoms with Crippen LogP contribution in [-0.2, 0) is 15.7 Å². The molecule has 11 heteroatoms. The minimum absolute atomic E-state index is 0.102. The van der Waals surface area contributed by atoms with E-state index < -0.39 is 58.5 Å². The van der Waals surface area contributed by atoms with Gasteiger partial charge in [-0.2, -0.15) is 13.2 Å². The highest BCUT2D eigenvalue weighted by Crippen LogP contribution is 2.44. The van der Waals surface area contributed by atoms with Crippen molar-refractivity contribution in [3.63, 3.8) is 0 Å². The van der Waals surface area contributed by atoms with E-state index in [4.69, 9.17) is 9.47 Å². The summed E-state index contributed by atoms with van der Waals surface area (Å²) in [6, 6.07) is 0.923. The fourth-order valence-electron chi connectivity index (χ4n) is 5.10. The maximum absolute atomic E-state index is 14.4. The van der Waals surface area contributed by atoms with E-state index in [1.807, 2.05) is 0 Å². The highest BCUT2D eigenvalue weighted by Gasteiger charge is 2.45. The number of nitrogens with zero attached hydrogens (tertiary/aromatic N) is 3. The fourth-order valence-corrected chi connectivity index (χ4v) is 5.10. The Balaban J connectivity index is 2.07. The number of benzene rings is 1. The van der Waals surface area contributed by atoms with Crippen LogP contribution in [0.15, 0.2) is 24.8 Å². The molecule has 2 aliphatic rings. The van der Waals surface area contributed by atoms with Gasteiger partial charge in [0, 0.05) is 25.7 Å². The first-order valence-corrected chi connectivity index (χ1v) is 13.5. The van der Waals surface area contributed by atoms with Crippen molar-refractivity contribution in [2.45, 2.75) is 97.2 Å². The van der Waals surface area contributed by atoms with E-state index in [2.05, 4.69) is 6.58 Å². The van der Waals surface area contributed by atoms with Gasteiger partial charge in [0.25, 0.3) is 11.8 Å². The number of alkyl halides is 3. The first-order valence-electron chi connectivity index (χ1n) is 13.5. The van der Waals surface area contributed by atoms with Crippen LogP contribution in [0.25, 0.3) is 0 Å². The Morgan fingerprint density at radius 3 is 2.45 bits per heavy atom. The van der Waals surface area contributed by atoms with Crippen molar-refractivity contribution in [1.29, 1.82) is 0 Å². The molecule has 0 aromatic heterocycles. The van der Waals surface area contributed by atoms with Crippen LogP contribution < -0.4 is 9.64 Å². The van der Waals surface area contributed by atoms with E-state index in [9.17, 15) is 27.6 Å². The largest absolute Gasteiger partial charge is 0.476 e. The van der Waals surface area contributed by atoms with Gasteiger partial charge in [0.05, 0.1) is 22.9 Å². The number of hydrogen-bond acceptors (Lipinski definition) is 5. The normalized spacial score (nSPS) is 19.2. The summed E-state index contributed by atoms with van der Waals surface area (Å²) in [6.07, 6.45) is -2.33. The Kier molecular flexibility index (Phi) is 8.86. The van der Waals surface area contributed by atoms with E-state index >= 15 is 0 Å². The van der Waals surface area contributed by atoms with Gasteiger partial charge in [-0.3, -0.25) is 9.59 Å². The summed E-state index contributed by atoms with van der Waals surface area (Å²) >= 11 is 0. The summed E-state index contributed by atoms with van der Waals surface area (Å²) in [7, 11) is 0. The molecule has 3 rings (SSSR count). The molecule has 1 fully saturated rings. The Morgan fingerprint density at radius 2 is 1.90 bits per heavy atom. The number of rotatable bonds is 6.